The zero-order valence-electron chi connectivity index (χ0n) is 18.5. The lowest BCUT2D eigenvalue weighted by atomic mass is 10.1. The van der Waals surface area contributed by atoms with E-state index in [1.165, 1.54) is 0 Å². The summed E-state index contributed by atoms with van der Waals surface area (Å²) in [4.78, 5) is 11.1. The van der Waals surface area contributed by atoms with Crippen LogP contribution in [-0.4, -0.2) is 43.8 Å². The third kappa shape index (κ3) is 6.41. The summed E-state index contributed by atoms with van der Waals surface area (Å²) in [6, 6.07) is 5.94. The van der Waals surface area contributed by atoms with Crippen LogP contribution in [-0.2, 0) is 6.42 Å². The first-order chi connectivity index (χ1) is 13.8. The van der Waals surface area contributed by atoms with Gasteiger partial charge in [-0.25, -0.2) is 9.97 Å². The van der Waals surface area contributed by atoms with Gasteiger partial charge < -0.3 is 25.4 Å². The van der Waals surface area contributed by atoms with Crippen LogP contribution in [0.4, 0.5) is 17.3 Å². The number of nitrogen functional groups attached to an aromatic ring is 1. The standard InChI is InChI=1S/C22H35N5O2/c1-15(2)12-27(13-16(3)4)22-20(23)21(25-14-26-22)24-10-9-17-7-8-18(28-5)19(11-17)29-6/h7-8,11,14-16H,9-10,12-13,23H2,1-6H3,(H,24,25,26). The van der Waals surface area contributed by atoms with Gasteiger partial charge in [-0.05, 0) is 36.0 Å². The van der Waals surface area contributed by atoms with Crippen LogP contribution in [0.5, 0.6) is 11.5 Å². The van der Waals surface area contributed by atoms with Crippen molar-refractivity contribution in [2.24, 2.45) is 11.8 Å². The summed E-state index contributed by atoms with van der Waals surface area (Å²) in [5.41, 5.74) is 8.17. The Morgan fingerprint density at radius 3 is 2.24 bits per heavy atom. The molecule has 2 rings (SSSR count). The van der Waals surface area contributed by atoms with Crippen LogP contribution in [0.3, 0.4) is 0 Å². The van der Waals surface area contributed by atoms with E-state index >= 15 is 0 Å². The van der Waals surface area contributed by atoms with E-state index in [0.717, 1.165) is 42.4 Å². The Hall–Kier alpha value is -2.70. The lowest BCUT2D eigenvalue weighted by Crippen LogP contribution is -2.33. The van der Waals surface area contributed by atoms with Crippen molar-refractivity contribution < 1.29 is 9.47 Å². The van der Waals surface area contributed by atoms with Gasteiger partial charge >= 0.3 is 0 Å². The maximum atomic E-state index is 6.43. The topological polar surface area (TPSA) is 85.5 Å². The van der Waals surface area contributed by atoms with Crippen molar-refractivity contribution in [3.05, 3.63) is 30.1 Å². The maximum absolute atomic E-state index is 6.43. The first-order valence-corrected chi connectivity index (χ1v) is 10.2. The van der Waals surface area contributed by atoms with E-state index in [4.69, 9.17) is 15.2 Å². The number of nitrogens with two attached hydrogens (primary N) is 1. The molecule has 0 spiro atoms. The predicted octanol–water partition coefficient (Wildman–Crippen LogP) is 3.85. The van der Waals surface area contributed by atoms with Crippen molar-refractivity contribution in [3.8, 4) is 11.5 Å². The summed E-state index contributed by atoms with van der Waals surface area (Å²) < 4.78 is 10.7. The molecule has 0 amide bonds. The number of hydrogen-bond donors (Lipinski definition) is 2. The van der Waals surface area contributed by atoms with Gasteiger partial charge in [0.1, 0.15) is 12.0 Å². The first kappa shape index (κ1) is 22.6. The van der Waals surface area contributed by atoms with Gasteiger partial charge in [0, 0.05) is 19.6 Å². The Balaban J connectivity index is 2.09. The summed E-state index contributed by atoms with van der Waals surface area (Å²) in [7, 11) is 3.28. The summed E-state index contributed by atoms with van der Waals surface area (Å²) in [6.45, 7) is 11.3. The Kier molecular flexibility index (Phi) is 8.36. The molecule has 29 heavy (non-hydrogen) atoms. The fraction of sp³-hybridized carbons (Fsp3) is 0.545. The lowest BCUT2D eigenvalue weighted by molar-refractivity contribution is 0.354. The third-order valence-electron chi connectivity index (χ3n) is 4.49. The molecule has 1 heterocycles. The summed E-state index contributed by atoms with van der Waals surface area (Å²) in [6.07, 6.45) is 2.39. The molecule has 0 bridgehead atoms. The van der Waals surface area contributed by atoms with Crippen LogP contribution >= 0.6 is 0 Å². The molecule has 7 heteroatoms. The molecule has 160 valence electrons. The van der Waals surface area contributed by atoms with E-state index in [2.05, 4.69) is 47.9 Å². The molecule has 3 N–H and O–H groups in total. The molecular weight excluding hydrogens is 366 g/mol. The van der Waals surface area contributed by atoms with Crippen molar-refractivity contribution in [2.75, 3.05) is 49.8 Å². The predicted molar refractivity (Wildman–Crippen MR) is 120 cm³/mol. The molecule has 1 aromatic carbocycles. The van der Waals surface area contributed by atoms with Crippen LogP contribution in [0.15, 0.2) is 24.5 Å². The maximum Gasteiger partial charge on any atom is 0.160 e. The van der Waals surface area contributed by atoms with Crippen LogP contribution < -0.4 is 25.4 Å². The number of rotatable bonds is 11. The summed E-state index contributed by atoms with van der Waals surface area (Å²) in [5, 5.41) is 3.35. The van der Waals surface area contributed by atoms with Crippen LogP contribution in [0, 0.1) is 11.8 Å². The Morgan fingerprint density at radius 1 is 1.00 bits per heavy atom. The highest BCUT2D eigenvalue weighted by Gasteiger charge is 2.17. The fourth-order valence-electron chi connectivity index (χ4n) is 3.27. The van der Waals surface area contributed by atoms with Crippen LogP contribution in [0.1, 0.15) is 33.3 Å². The van der Waals surface area contributed by atoms with Crippen molar-refractivity contribution in [3.63, 3.8) is 0 Å². The second kappa shape index (κ2) is 10.7. The Labute approximate surface area is 174 Å². The van der Waals surface area contributed by atoms with Gasteiger partial charge in [-0.1, -0.05) is 33.8 Å². The zero-order chi connectivity index (χ0) is 21.4. The third-order valence-corrected chi connectivity index (χ3v) is 4.49. The number of ether oxygens (including phenoxy) is 2. The van der Waals surface area contributed by atoms with Crippen molar-refractivity contribution in [1.29, 1.82) is 0 Å². The molecule has 0 unspecified atom stereocenters. The van der Waals surface area contributed by atoms with Gasteiger partial charge in [-0.2, -0.15) is 0 Å². The molecule has 0 aliphatic heterocycles. The lowest BCUT2D eigenvalue weighted by Gasteiger charge is -2.28. The van der Waals surface area contributed by atoms with Crippen LogP contribution in [0.2, 0.25) is 0 Å². The van der Waals surface area contributed by atoms with Crippen molar-refractivity contribution in [1.82, 2.24) is 9.97 Å². The molecule has 0 atom stereocenters. The number of nitrogens with zero attached hydrogens (tertiary/aromatic N) is 3. The number of methoxy groups -OCH3 is 2. The van der Waals surface area contributed by atoms with Crippen molar-refractivity contribution >= 4 is 17.3 Å². The molecular formula is C22H35N5O2. The Bertz CT molecular complexity index is 770. The number of aromatic nitrogens is 2. The molecule has 0 aliphatic carbocycles. The molecule has 0 aliphatic rings. The monoisotopic (exact) mass is 401 g/mol. The minimum absolute atomic E-state index is 0.518. The number of benzene rings is 1. The van der Waals surface area contributed by atoms with Crippen LogP contribution in [0.25, 0.3) is 0 Å². The molecule has 7 nitrogen and oxygen atoms in total. The highest BCUT2D eigenvalue weighted by Crippen LogP contribution is 2.29. The van der Waals surface area contributed by atoms with Gasteiger partial charge in [0.15, 0.2) is 23.1 Å². The minimum Gasteiger partial charge on any atom is -0.493 e. The van der Waals surface area contributed by atoms with Gasteiger partial charge in [0.2, 0.25) is 0 Å². The van der Waals surface area contributed by atoms with Crippen molar-refractivity contribution in [2.45, 2.75) is 34.1 Å². The molecule has 0 saturated heterocycles. The largest absolute Gasteiger partial charge is 0.493 e. The quantitative estimate of drug-likeness (QED) is 0.591. The fourth-order valence-corrected chi connectivity index (χ4v) is 3.27. The molecule has 1 aromatic heterocycles. The average molecular weight is 402 g/mol. The second-order valence-electron chi connectivity index (χ2n) is 8.02. The van der Waals surface area contributed by atoms with E-state index in [-0.39, 0.29) is 0 Å². The van der Waals surface area contributed by atoms with E-state index in [1.54, 1.807) is 20.5 Å². The molecule has 0 fully saturated rings. The number of hydrogen-bond acceptors (Lipinski definition) is 7. The highest BCUT2D eigenvalue weighted by atomic mass is 16.5. The van der Waals surface area contributed by atoms with E-state index in [1.807, 2.05) is 18.2 Å². The Morgan fingerprint density at radius 2 is 1.66 bits per heavy atom. The summed E-state index contributed by atoms with van der Waals surface area (Å²) >= 11 is 0. The summed E-state index contributed by atoms with van der Waals surface area (Å²) in [5.74, 6) is 3.97. The molecule has 0 saturated carbocycles. The SMILES string of the molecule is COc1ccc(CCNc2ncnc(N(CC(C)C)CC(C)C)c2N)cc1OC. The smallest absolute Gasteiger partial charge is 0.160 e. The van der Waals surface area contributed by atoms with Gasteiger partial charge in [0.25, 0.3) is 0 Å². The number of nitrogens with one attached hydrogen (secondary N) is 1. The van der Waals surface area contributed by atoms with E-state index in [9.17, 15) is 0 Å². The minimum atomic E-state index is 0.518. The average Bonchev–Trinajstić information content (AvgIpc) is 2.68. The van der Waals surface area contributed by atoms with E-state index in [0.29, 0.717) is 29.9 Å². The highest BCUT2D eigenvalue weighted by molar-refractivity contribution is 5.74. The second-order valence-corrected chi connectivity index (χ2v) is 8.02. The zero-order valence-corrected chi connectivity index (χ0v) is 18.5. The van der Waals surface area contributed by atoms with Gasteiger partial charge in [0.05, 0.1) is 14.2 Å². The van der Waals surface area contributed by atoms with E-state index < -0.39 is 0 Å². The molecule has 2 aromatic rings. The number of anilines is 3. The first-order valence-electron chi connectivity index (χ1n) is 10.2. The normalized spacial score (nSPS) is 11.0. The van der Waals surface area contributed by atoms with Gasteiger partial charge in [-0.15, -0.1) is 0 Å². The van der Waals surface area contributed by atoms with Gasteiger partial charge in [-0.3, -0.25) is 0 Å². The molecule has 0 radical (unpaired) electrons.